The average molecular weight is 359 g/mol. The van der Waals surface area contributed by atoms with Crippen molar-refractivity contribution >= 4 is 39.1 Å². The summed E-state index contributed by atoms with van der Waals surface area (Å²) in [4.78, 5) is 26.2. The number of para-hydroxylation sites is 1. The third-order valence-corrected chi connectivity index (χ3v) is 4.26. The van der Waals surface area contributed by atoms with Crippen LogP contribution in [0.1, 0.15) is 11.1 Å². The summed E-state index contributed by atoms with van der Waals surface area (Å²) in [7, 11) is 0. The Hall–Kier alpha value is -2.14. The van der Waals surface area contributed by atoms with Gasteiger partial charge >= 0.3 is 11.8 Å². The fourth-order valence-corrected chi connectivity index (χ4v) is 3.09. The summed E-state index contributed by atoms with van der Waals surface area (Å²) in [5.74, 6) is -1.13. The van der Waals surface area contributed by atoms with Crippen LogP contribution in [-0.2, 0) is 16.0 Å². The van der Waals surface area contributed by atoms with Gasteiger partial charge in [0.05, 0.1) is 0 Å². The predicted molar refractivity (Wildman–Crippen MR) is 90.0 cm³/mol. The summed E-state index contributed by atoms with van der Waals surface area (Å²) in [6.07, 6.45) is 0.784. The van der Waals surface area contributed by atoms with Gasteiger partial charge in [-0.2, -0.15) is 0 Å². The van der Waals surface area contributed by atoms with E-state index in [0.717, 1.165) is 27.7 Å². The summed E-state index contributed by atoms with van der Waals surface area (Å²) in [6, 6.07) is 13.2. The van der Waals surface area contributed by atoms with Crippen molar-refractivity contribution in [2.75, 3.05) is 16.8 Å². The molecule has 0 radical (unpaired) electrons. The highest BCUT2D eigenvalue weighted by Gasteiger charge is 2.29. The highest BCUT2D eigenvalue weighted by atomic mass is 79.9. The minimum Gasteiger partial charge on any atom is -0.318 e. The lowest BCUT2D eigenvalue weighted by Gasteiger charge is -2.17. The van der Waals surface area contributed by atoms with E-state index in [-0.39, 0.29) is 0 Å². The highest BCUT2D eigenvalue weighted by Crippen LogP contribution is 2.27. The van der Waals surface area contributed by atoms with E-state index in [1.807, 2.05) is 43.3 Å². The number of benzene rings is 2. The van der Waals surface area contributed by atoms with Gasteiger partial charge in [-0.25, -0.2) is 0 Å². The number of hydrogen-bond acceptors (Lipinski definition) is 2. The quantitative estimate of drug-likeness (QED) is 0.795. The van der Waals surface area contributed by atoms with Crippen molar-refractivity contribution in [3.8, 4) is 0 Å². The van der Waals surface area contributed by atoms with Gasteiger partial charge < -0.3 is 10.2 Å². The standard InChI is InChI=1S/C17H15BrN2O2/c1-11-10-13(18)6-7-14(11)19-16(21)17(22)20-9-8-12-4-2-3-5-15(12)20/h2-7,10H,8-9H2,1H3,(H,19,21). The Balaban J connectivity index is 1.77. The fraction of sp³-hybridized carbons (Fsp3) is 0.176. The van der Waals surface area contributed by atoms with Gasteiger partial charge in [0.25, 0.3) is 0 Å². The van der Waals surface area contributed by atoms with Crippen LogP contribution in [-0.4, -0.2) is 18.4 Å². The Morgan fingerprint density at radius 3 is 2.73 bits per heavy atom. The van der Waals surface area contributed by atoms with E-state index in [1.54, 1.807) is 11.0 Å². The smallest absolute Gasteiger partial charge is 0.316 e. The molecule has 4 nitrogen and oxygen atoms in total. The number of carbonyl (C=O) groups excluding carboxylic acids is 2. The lowest BCUT2D eigenvalue weighted by atomic mass is 10.2. The molecule has 0 spiro atoms. The van der Waals surface area contributed by atoms with E-state index >= 15 is 0 Å². The molecule has 0 unspecified atom stereocenters. The molecule has 0 fully saturated rings. The fourth-order valence-electron chi connectivity index (χ4n) is 2.61. The Morgan fingerprint density at radius 2 is 1.95 bits per heavy atom. The second-order valence-electron chi connectivity index (χ2n) is 5.25. The number of amides is 2. The normalized spacial score (nSPS) is 12.9. The third-order valence-electron chi connectivity index (χ3n) is 3.76. The number of nitrogens with zero attached hydrogens (tertiary/aromatic N) is 1. The Labute approximate surface area is 137 Å². The van der Waals surface area contributed by atoms with Crippen LogP contribution in [0.5, 0.6) is 0 Å². The van der Waals surface area contributed by atoms with Gasteiger partial charge in [-0.1, -0.05) is 34.1 Å². The molecule has 1 N–H and O–H groups in total. The summed E-state index contributed by atoms with van der Waals surface area (Å²) < 4.78 is 0.933. The topological polar surface area (TPSA) is 49.4 Å². The van der Waals surface area contributed by atoms with Gasteiger partial charge in [-0.05, 0) is 48.7 Å². The molecule has 2 aromatic carbocycles. The number of aryl methyl sites for hydroxylation is 1. The summed E-state index contributed by atoms with van der Waals surface area (Å²) in [6.45, 7) is 2.43. The molecule has 2 amide bonds. The van der Waals surface area contributed by atoms with Crippen LogP contribution in [0, 0.1) is 6.92 Å². The molecule has 3 rings (SSSR count). The van der Waals surface area contributed by atoms with E-state index in [4.69, 9.17) is 0 Å². The number of fused-ring (bicyclic) bond motifs is 1. The van der Waals surface area contributed by atoms with E-state index < -0.39 is 11.8 Å². The van der Waals surface area contributed by atoms with Crippen molar-refractivity contribution in [2.24, 2.45) is 0 Å². The van der Waals surface area contributed by atoms with E-state index in [0.29, 0.717) is 12.2 Å². The zero-order valence-electron chi connectivity index (χ0n) is 12.1. The van der Waals surface area contributed by atoms with E-state index in [2.05, 4.69) is 21.2 Å². The molecule has 112 valence electrons. The molecule has 1 aliphatic heterocycles. The number of anilines is 2. The van der Waals surface area contributed by atoms with E-state index in [9.17, 15) is 9.59 Å². The third kappa shape index (κ3) is 2.76. The van der Waals surface area contributed by atoms with Crippen molar-refractivity contribution in [3.05, 3.63) is 58.1 Å². The first kappa shape index (κ1) is 14.8. The van der Waals surface area contributed by atoms with Gasteiger partial charge in [0.1, 0.15) is 0 Å². The maximum Gasteiger partial charge on any atom is 0.316 e. The zero-order chi connectivity index (χ0) is 15.7. The summed E-state index contributed by atoms with van der Waals surface area (Å²) in [5.41, 5.74) is 3.48. The molecule has 0 aromatic heterocycles. The molecule has 0 bridgehead atoms. The largest absolute Gasteiger partial charge is 0.318 e. The van der Waals surface area contributed by atoms with Crippen molar-refractivity contribution in [1.29, 1.82) is 0 Å². The van der Waals surface area contributed by atoms with Crippen LogP contribution in [0.3, 0.4) is 0 Å². The number of rotatable bonds is 1. The second kappa shape index (κ2) is 5.93. The maximum atomic E-state index is 12.4. The molecule has 0 saturated heterocycles. The van der Waals surface area contributed by atoms with Gasteiger partial charge in [0, 0.05) is 22.4 Å². The lowest BCUT2D eigenvalue weighted by Crippen LogP contribution is -2.38. The predicted octanol–water partition coefficient (Wildman–Crippen LogP) is 3.29. The Morgan fingerprint density at radius 1 is 1.18 bits per heavy atom. The zero-order valence-corrected chi connectivity index (χ0v) is 13.7. The molecular formula is C17H15BrN2O2. The molecule has 1 heterocycles. The van der Waals surface area contributed by atoms with Gasteiger partial charge in [-0.15, -0.1) is 0 Å². The SMILES string of the molecule is Cc1cc(Br)ccc1NC(=O)C(=O)N1CCc2ccccc21. The minimum absolute atomic E-state index is 0.521. The first-order valence-corrected chi connectivity index (χ1v) is 7.82. The van der Waals surface area contributed by atoms with Crippen LogP contribution < -0.4 is 10.2 Å². The molecule has 5 heteroatoms. The van der Waals surface area contributed by atoms with Crippen LogP contribution >= 0.6 is 15.9 Å². The molecule has 0 saturated carbocycles. The molecule has 2 aromatic rings. The first-order valence-electron chi connectivity index (χ1n) is 7.03. The first-order chi connectivity index (χ1) is 10.6. The molecule has 22 heavy (non-hydrogen) atoms. The van der Waals surface area contributed by atoms with Gasteiger partial charge in [-0.3, -0.25) is 9.59 Å². The van der Waals surface area contributed by atoms with Gasteiger partial charge in [0.15, 0.2) is 0 Å². The lowest BCUT2D eigenvalue weighted by molar-refractivity contribution is -0.134. The van der Waals surface area contributed by atoms with Crippen LogP contribution in [0.25, 0.3) is 0 Å². The van der Waals surface area contributed by atoms with Crippen LogP contribution in [0.15, 0.2) is 46.9 Å². The maximum absolute atomic E-state index is 12.4. The number of hydrogen-bond donors (Lipinski definition) is 1. The van der Waals surface area contributed by atoms with E-state index in [1.165, 1.54) is 0 Å². The van der Waals surface area contributed by atoms with Crippen molar-refractivity contribution < 1.29 is 9.59 Å². The Bertz CT molecular complexity index is 758. The summed E-state index contributed by atoms with van der Waals surface area (Å²) in [5, 5.41) is 2.69. The minimum atomic E-state index is -0.609. The number of halogens is 1. The monoisotopic (exact) mass is 358 g/mol. The number of nitrogens with one attached hydrogen (secondary N) is 1. The molecule has 0 atom stereocenters. The van der Waals surface area contributed by atoms with Crippen molar-refractivity contribution in [2.45, 2.75) is 13.3 Å². The van der Waals surface area contributed by atoms with Gasteiger partial charge in [0.2, 0.25) is 0 Å². The average Bonchev–Trinajstić information content (AvgIpc) is 2.93. The summed E-state index contributed by atoms with van der Waals surface area (Å²) >= 11 is 3.38. The highest BCUT2D eigenvalue weighted by molar-refractivity contribution is 9.10. The van der Waals surface area contributed by atoms with Crippen molar-refractivity contribution in [1.82, 2.24) is 0 Å². The second-order valence-corrected chi connectivity index (χ2v) is 6.16. The number of carbonyl (C=O) groups is 2. The molecule has 1 aliphatic rings. The van der Waals surface area contributed by atoms with Crippen LogP contribution in [0.4, 0.5) is 11.4 Å². The molecule has 0 aliphatic carbocycles. The Kier molecular flexibility index (Phi) is 3.98. The van der Waals surface area contributed by atoms with Crippen LogP contribution in [0.2, 0.25) is 0 Å². The van der Waals surface area contributed by atoms with Crippen molar-refractivity contribution in [3.63, 3.8) is 0 Å². The molecular weight excluding hydrogens is 344 g/mol.